The zero-order valence-electron chi connectivity index (χ0n) is 10.6. The smallest absolute Gasteiger partial charge is 0.138 e. The largest absolute Gasteiger partial charge is 0.496 e. The van der Waals surface area contributed by atoms with Crippen LogP contribution in [0.25, 0.3) is 0 Å². The maximum atomic E-state index is 6.06. The second-order valence-corrected chi connectivity index (χ2v) is 4.47. The summed E-state index contributed by atoms with van der Waals surface area (Å²) < 4.78 is 10.6. The highest BCUT2D eigenvalue weighted by atomic mass is 35.5. The van der Waals surface area contributed by atoms with Gasteiger partial charge in [-0.25, -0.2) is 0 Å². The maximum absolute atomic E-state index is 6.06. The van der Waals surface area contributed by atoms with Crippen LogP contribution in [-0.2, 0) is 0 Å². The van der Waals surface area contributed by atoms with E-state index in [9.17, 15) is 0 Å². The first-order valence-electron chi connectivity index (χ1n) is 5.75. The maximum Gasteiger partial charge on any atom is 0.138 e. The Morgan fingerprint density at radius 3 is 2.41 bits per heavy atom. The Bertz CT molecular complexity index is 369. The van der Waals surface area contributed by atoms with E-state index >= 15 is 0 Å². The predicted molar refractivity (Wildman–Crippen MR) is 71.3 cm³/mol. The monoisotopic (exact) mass is 257 g/mol. The standard InChI is InChI=1S/C13H20ClNO2/c1-9(5-4-6-15)10-7-13(17-3)11(14)8-12(10)16-2/h7-9H,4-6,15H2,1-3H3. The normalized spacial score (nSPS) is 12.3. The minimum Gasteiger partial charge on any atom is -0.496 e. The molecule has 1 unspecified atom stereocenters. The van der Waals surface area contributed by atoms with Gasteiger partial charge < -0.3 is 15.2 Å². The second-order valence-electron chi connectivity index (χ2n) is 4.06. The van der Waals surface area contributed by atoms with E-state index in [4.69, 9.17) is 26.8 Å². The van der Waals surface area contributed by atoms with E-state index in [1.54, 1.807) is 20.3 Å². The molecule has 1 aromatic rings. The fourth-order valence-corrected chi connectivity index (χ4v) is 2.08. The van der Waals surface area contributed by atoms with Gasteiger partial charge in [0.1, 0.15) is 11.5 Å². The summed E-state index contributed by atoms with van der Waals surface area (Å²) in [6.45, 7) is 2.86. The summed E-state index contributed by atoms with van der Waals surface area (Å²) in [5, 5.41) is 0.569. The third-order valence-electron chi connectivity index (χ3n) is 2.88. The van der Waals surface area contributed by atoms with Gasteiger partial charge in [0, 0.05) is 11.6 Å². The molecule has 17 heavy (non-hydrogen) atoms. The van der Waals surface area contributed by atoms with Crippen LogP contribution in [0.5, 0.6) is 11.5 Å². The first-order chi connectivity index (χ1) is 8.13. The van der Waals surface area contributed by atoms with Crippen LogP contribution < -0.4 is 15.2 Å². The molecule has 0 radical (unpaired) electrons. The van der Waals surface area contributed by atoms with E-state index in [0.29, 0.717) is 23.2 Å². The Balaban J connectivity index is 3.02. The van der Waals surface area contributed by atoms with E-state index in [-0.39, 0.29) is 0 Å². The molecule has 0 spiro atoms. The number of hydrogen-bond donors (Lipinski definition) is 1. The molecule has 0 saturated heterocycles. The lowest BCUT2D eigenvalue weighted by Gasteiger charge is -2.17. The number of ether oxygens (including phenoxy) is 2. The predicted octanol–water partition coefficient (Wildman–Crippen LogP) is 3.20. The molecule has 1 atom stereocenters. The molecule has 0 amide bonds. The zero-order chi connectivity index (χ0) is 12.8. The van der Waals surface area contributed by atoms with Gasteiger partial charge in [-0.2, -0.15) is 0 Å². The van der Waals surface area contributed by atoms with E-state index in [2.05, 4.69) is 6.92 Å². The molecule has 1 rings (SSSR count). The molecule has 0 aromatic heterocycles. The summed E-state index contributed by atoms with van der Waals surface area (Å²) in [5.41, 5.74) is 6.64. The number of hydrogen-bond acceptors (Lipinski definition) is 3. The summed E-state index contributed by atoms with van der Waals surface area (Å²) in [6.07, 6.45) is 2.02. The molecule has 2 N–H and O–H groups in total. The summed E-state index contributed by atoms with van der Waals surface area (Å²) in [7, 11) is 3.26. The van der Waals surface area contributed by atoms with Gasteiger partial charge in [0.15, 0.2) is 0 Å². The molecule has 0 aliphatic heterocycles. The summed E-state index contributed by atoms with van der Waals surface area (Å²) in [5.74, 6) is 1.86. The molecule has 0 heterocycles. The van der Waals surface area contributed by atoms with Gasteiger partial charge in [0.25, 0.3) is 0 Å². The van der Waals surface area contributed by atoms with Crippen molar-refractivity contribution in [3.05, 3.63) is 22.7 Å². The molecule has 0 fully saturated rings. The molecular weight excluding hydrogens is 238 g/mol. The third-order valence-corrected chi connectivity index (χ3v) is 3.17. The van der Waals surface area contributed by atoms with Crippen LogP contribution in [0.15, 0.2) is 12.1 Å². The lowest BCUT2D eigenvalue weighted by atomic mass is 9.95. The molecular formula is C13H20ClNO2. The van der Waals surface area contributed by atoms with Crippen molar-refractivity contribution in [3.63, 3.8) is 0 Å². The van der Waals surface area contributed by atoms with Crippen molar-refractivity contribution in [2.45, 2.75) is 25.7 Å². The van der Waals surface area contributed by atoms with E-state index in [0.717, 1.165) is 24.2 Å². The van der Waals surface area contributed by atoms with Crippen molar-refractivity contribution in [1.82, 2.24) is 0 Å². The van der Waals surface area contributed by atoms with Crippen LogP contribution in [0.3, 0.4) is 0 Å². The highest BCUT2D eigenvalue weighted by Gasteiger charge is 2.15. The van der Waals surface area contributed by atoms with Crippen molar-refractivity contribution in [2.24, 2.45) is 5.73 Å². The SMILES string of the molecule is COc1cc(C(C)CCCN)c(OC)cc1Cl. The molecule has 3 nitrogen and oxygen atoms in total. The second kappa shape index (κ2) is 6.72. The molecule has 96 valence electrons. The topological polar surface area (TPSA) is 44.5 Å². The number of benzene rings is 1. The number of rotatable bonds is 6. The highest BCUT2D eigenvalue weighted by Crippen LogP contribution is 2.37. The van der Waals surface area contributed by atoms with Crippen LogP contribution in [0, 0.1) is 0 Å². The molecule has 0 bridgehead atoms. The lowest BCUT2D eigenvalue weighted by Crippen LogP contribution is -2.04. The molecule has 1 aromatic carbocycles. The van der Waals surface area contributed by atoms with Crippen LogP contribution >= 0.6 is 11.6 Å². The molecule has 0 saturated carbocycles. The average Bonchev–Trinajstić information content (AvgIpc) is 2.35. The van der Waals surface area contributed by atoms with Gasteiger partial charge in [0.05, 0.1) is 19.2 Å². The fourth-order valence-electron chi connectivity index (χ4n) is 1.85. The first-order valence-corrected chi connectivity index (χ1v) is 6.13. The summed E-state index contributed by atoms with van der Waals surface area (Å²) >= 11 is 6.06. The molecule has 0 aliphatic rings. The lowest BCUT2D eigenvalue weighted by molar-refractivity contribution is 0.394. The Morgan fingerprint density at radius 2 is 1.88 bits per heavy atom. The quantitative estimate of drug-likeness (QED) is 0.851. The number of nitrogens with two attached hydrogens (primary N) is 1. The van der Waals surface area contributed by atoms with Crippen LogP contribution in [0.2, 0.25) is 5.02 Å². The van der Waals surface area contributed by atoms with E-state index < -0.39 is 0 Å². The van der Waals surface area contributed by atoms with E-state index in [1.807, 2.05) is 6.07 Å². The Hall–Kier alpha value is -0.930. The van der Waals surface area contributed by atoms with Crippen LogP contribution in [-0.4, -0.2) is 20.8 Å². The Labute approximate surface area is 108 Å². The van der Waals surface area contributed by atoms with Crippen molar-refractivity contribution in [3.8, 4) is 11.5 Å². The molecule has 0 aliphatic carbocycles. The average molecular weight is 258 g/mol. The third kappa shape index (κ3) is 3.51. The zero-order valence-corrected chi connectivity index (χ0v) is 11.4. The first kappa shape index (κ1) is 14.1. The van der Waals surface area contributed by atoms with Crippen molar-refractivity contribution >= 4 is 11.6 Å². The van der Waals surface area contributed by atoms with Crippen molar-refractivity contribution in [1.29, 1.82) is 0 Å². The van der Waals surface area contributed by atoms with E-state index in [1.165, 1.54) is 0 Å². The van der Waals surface area contributed by atoms with Gasteiger partial charge in [-0.05, 0) is 31.4 Å². The van der Waals surface area contributed by atoms with Gasteiger partial charge in [-0.1, -0.05) is 18.5 Å². The van der Waals surface area contributed by atoms with Gasteiger partial charge in [-0.3, -0.25) is 0 Å². The fraction of sp³-hybridized carbons (Fsp3) is 0.538. The van der Waals surface area contributed by atoms with Crippen LogP contribution in [0.1, 0.15) is 31.2 Å². The molecule has 4 heteroatoms. The number of methoxy groups -OCH3 is 2. The number of halogens is 1. The van der Waals surface area contributed by atoms with Crippen molar-refractivity contribution < 1.29 is 9.47 Å². The summed E-state index contributed by atoms with van der Waals surface area (Å²) in [4.78, 5) is 0. The Kier molecular flexibility index (Phi) is 5.59. The van der Waals surface area contributed by atoms with Gasteiger partial charge in [-0.15, -0.1) is 0 Å². The Morgan fingerprint density at radius 1 is 1.24 bits per heavy atom. The minimum absolute atomic E-state index is 0.375. The van der Waals surface area contributed by atoms with Crippen LogP contribution in [0.4, 0.5) is 0 Å². The van der Waals surface area contributed by atoms with Crippen molar-refractivity contribution in [2.75, 3.05) is 20.8 Å². The van der Waals surface area contributed by atoms with Gasteiger partial charge in [0.2, 0.25) is 0 Å². The summed E-state index contributed by atoms with van der Waals surface area (Å²) in [6, 6.07) is 3.75. The highest BCUT2D eigenvalue weighted by molar-refractivity contribution is 6.32. The minimum atomic E-state index is 0.375. The van der Waals surface area contributed by atoms with Gasteiger partial charge >= 0.3 is 0 Å².